The summed E-state index contributed by atoms with van der Waals surface area (Å²) in [5.41, 5.74) is 0.988. The molecule has 0 atom stereocenters. The topological polar surface area (TPSA) is 26.3 Å². The molecule has 0 radical (unpaired) electrons. The molecule has 2 nitrogen and oxygen atoms in total. The Bertz CT molecular complexity index is 125. The van der Waals surface area contributed by atoms with Gasteiger partial charge in [0.05, 0.1) is 0 Å². The molecule has 2 heteroatoms. The lowest BCUT2D eigenvalue weighted by Gasteiger charge is -2.11. The fraction of sp³-hybridized carbons (Fsp3) is 0.429. The average molecular weight is 127 g/mol. The second kappa shape index (κ2) is 4.01. The molecule has 0 aromatic carbocycles. The highest BCUT2D eigenvalue weighted by Gasteiger charge is 1.80. The first-order chi connectivity index (χ1) is 4.22. The summed E-state index contributed by atoms with van der Waals surface area (Å²) in [4.78, 5) is 9.77. The minimum atomic E-state index is 0.433. The molecule has 0 aliphatic carbocycles. The van der Waals surface area contributed by atoms with Gasteiger partial charge in [-0.05, 0) is 5.76 Å². The van der Waals surface area contributed by atoms with Crippen LogP contribution in [-0.2, 0) is 9.53 Å². The lowest BCUT2D eigenvalue weighted by atomic mass is 10.2. The molecule has 0 saturated heterocycles. The van der Waals surface area contributed by atoms with E-state index in [4.69, 9.17) is 0 Å². The Labute approximate surface area is 55.5 Å². The van der Waals surface area contributed by atoms with E-state index in [-0.39, 0.29) is 0 Å². The first-order valence-electron chi connectivity index (χ1n) is 2.79. The Balaban J connectivity index is 3.92. The van der Waals surface area contributed by atoms with Gasteiger partial charge in [-0.1, -0.05) is 13.8 Å². The lowest BCUT2D eigenvalue weighted by molar-refractivity contribution is -0.125. The van der Waals surface area contributed by atoms with E-state index >= 15 is 0 Å². The number of allylic oxidation sites excluding steroid dienone is 2. The predicted octanol–water partition coefficient (Wildman–Crippen LogP) is 1.68. The molecule has 0 bridgehead atoms. The Morgan fingerprint density at radius 2 is 2.11 bits per heavy atom. The Morgan fingerprint density at radius 3 is 2.44 bits per heavy atom. The zero-order valence-corrected chi connectivity index (χ0v) is 5.97. The van der Waals surface area contributed by atoms with Crippen LogP contribution in [0.5, 0.6) is 0 Å². The van der Waals surface area contributed by atoms with Crippen molar-refractivity contribution in [3.8, 4) is 0 Å². The van der Waals surface area contributed by atoms with Crippen molar-refractivity contribution in [2.45, 2.75) is 20.8 Å². The molecule has 0 fully saturated rings. The summed E-state index contributed by atoms with van der Waals surface area (Å²) in [6, 6.07) is 0. The third-order valence-electron chi connectivity index (χ3n) is 1.21. The van der Waals surface area contributed by atoms with Crippen molar-refractivity contribution in [1.29, 1.82) is 0 Å². The summed E-state index contributed by atoms with van der Waals surface area (Å²) in [5.74, 6) is 0.660. The van der Waals surface area contributed by atoms with Gasteiger partial charge in [-0.15, -0.1) is 6.92 Å². The zero-order valence-electron chi connectivity index (χ0n) is 5.97. The quantitative estimate of drug-likeness (QED) is 0.327. The van der Waals surface area contributed by atoms with Crippen LogP contribution in [0, 0.1) is 6.42 Å². The number of hydrogen-bond acceptors (Lipinski definition) is 2. The van der Waals surface area contributed by atoms with Gasteiger partial charge in [0.15, 0.2) is 0 Å². The van der Waals surface area contributed by atoms with Gasteiger partial charge in [0, 0.05) is 0 Å². The standard InChI is InChI=1S/C7H11O2/c1-4-6(2)7(3)9-5-8/h4-5H,1-3H3/q-1. The molecule has 0 aliphatic heterocycles. The summed E-state index contributed by atoms with van der Waals surface area (Å²) >= 11 is 0. The molecule has 0 unspecified atom stereocenters. The second-order valence-electron chi connectivity index (χ2n) is 1.74. The first-order valence-corrected chi connectivity index (χ1v) is 2.79. The van der Waals surface area contributed by atoms with Gasteiger partial charge in [0.1, 0.15) is 0 Å². The summed E-state index contributed by atoms with van der Waals surface area (Å²) in [7, 11) is 0. The molecule has 0 aromatic heterocycles. The fourth-order valence-corrected chi connectivity index (χ4v) is 0.368. The molecular weight excluding hydrogens is 116 g/mol. The van der Waals surface area contributed by atoms with Crippen LogP contribution in [0.2, 0.25) is 0 Å². The highest BCUT2D eigenvalue weighted by atomic mass is 16.5. The van der Waals surface area contributed by atoms with E-state index in [9.17, 15) is 4.79 Å². The summed E-state index contributed by atoms with van der Waals surface area (Å²) in [5, 5.41) is 0. The molecule has 0 saturated carbocycles. The lowest BCUT2D eigenvalue weighted by Crippen LogP contribution is -1.88. The SMILES string of the molecule is C[CH-]C(C)=C(C)OC=O. The monoisotopic (exact) mass is 127 g/mol. The van der Waals surface area contributed by atoms with E-state index in [0.29, 0.717) is 12.2 Å². The largest absolute Gasteiger partial charge is 0.527 e. The third-order valence-corrected chi connectivity index (χ3v) is 1.21. The van der Waals surface area contributed by atoms with E-state index < -0.39 is 0 Å². The van der Waals surface area contributed by atoms with Gasteiger partial charge in [-0.3, -0.25) is 4.79 Å². The molecule has 0 rings (SSSR count). The van der Waals surface area contributed by atoms with Crippen molar-refractivity contribution in [3.63, 3.8) is 0 Å². The number of rotatable bonds is 3. The molecular formula is C7H11O2-. The van der Waals surface area contributed by atoms with E-state index in [1.165, 1.54) is 0 Å². The Kier molecular flexibility index (Phi) is 3.60. The number of carbonyl (C=O) groups is 1. The number of carbonyl (C=O) groups excluding carboxylic acids is 1. The van der Waals surface area contributed by atoms with Crippen molar-refractivity contribution < 1.29 is 9.53 Å². The zero-order chi connectivity index (χ0) is 7.28. The van der Waals surface area contributed by atoms with Crippen LogP contribution in [0.1, 0.15) is 20.8 Å². The van der Waals surface area contributed by atoms with E-state index in [2.05, 4.69) is 4.74 Å². The summed E-state index contributed by atoms with van der Waals surface area (Å²) in [6.45, 7) is 5.97. The van der Waals surface area contributed by atoms with Crippen LogP contribution in [0.15, 0.2) is 11.3 Å². The van der Waals surface area contributed by atoms with Crippen molar-refractivity contribution in [2.24, 2.45) is 0 Å². The first kappa shape index (κ1) is 8.08. The van der Waals surface area contributed by atoms with Crippen molar-refractivity contribution in [1.82, 2.24) is 0 Å². The minimum absolute atomic E-state index is 0.433. The Hall–Kier alpha value is -0.920. The molecule has 52 valence electrons. The van der Waals surface area contributed by atoms with E-state index in [0.717, 1.165) is 5.57 Å². The van der Waals surface area contributed by atoms with Gasteiger partial charge in [0.25, 0.3) is 6.47 Å². The minimum Gasteiger partial charge on any atom is -0.527 e. The number of ether oxygens (including phenoxy) is 1. The molecule has 0 N–H and O–H groups in total. The van der Waals surface area contributed by atoms with Gasteiger partial charge < -0.3 is 4.74 Å². The van der Waals surface area contributed by atoms with Crippen LogP contribution < -0.4 is 0 Å². The molecule has 9 heavy (non-hydrogen) atoms. The summed E-state index contributed by atoms with van der Waals surface area (Å²) < 4.78 is 4.56. The predicted molar refractivity (Wildman–Crippen MR) is 35.5 cm³/mol. The summed E-state index contributed by atoms with van der Waals surface area (Å²) in [6.07, 6.45) is 1.89. The maximum Gasteiger partial charge on any atom is 0.280 e. The van der Waals surface area contributed by atoms with Gasteiger partial charge in [0.2, 0.25) is 0 Å². The van der Waals surface area contributed by atoms with Crippen LogP contribution in [0.3, 0.4) is 0 Å². The molecule has 0 aromatic rings. The van der Waals surface area contributed by atoms with Gasteiger partial charge >= 0.3 is 0 Å². The maximum absolute atomic E-state index is 9.77. The number of hydrogen-bond donors (Lipinski definition) is 0. The average Bonchev–Trinajstić information content (AvgIpc) is 1.87. The highest BCUT2D eigenvalue weighted by Crippen LogP contribution is 2.05. The molecule has 0 heterocycles. The van der Waals surface area contributed by atoms with Crippen LogP contribution >= 0.6 is 0 Å². The van der Waals surface area contributed by atoms with E-state index in [1.54, 1.807) is 6.92 Å². The highest BCUT2D eigenvalue weighted by molar-refractivity contribution is 5.40. The van der Waals surface area contributed by atoms with Crippen LogP contribution in [0.4, 0.5) is 0 Å². The molecule has 0 amide bonds. The van der Waals surface area contributed by atoms with Crippen LogP contribution in [-0.4, -0.2) is 6.47 Å². The smallest absolute Gasteiger partial charge is 0.280 e. The van der Waals surface area contributed by atoms with Gasteiger partial charge in [-0.25, -0.2) is 6.42 Å². The molecule has 0 spiro atoms. The second-order valence-corrected chi connectivity index (χ2v) is 1.74. The molecule has 0 aliphatic rings. The van der Waals surface area contributed by atoms with E-state index in [1.807, 2.05) is 20.3 Å². The maximum atomic E-state index is 9.77. The fourth-order valence-electron chi connectivity index (χ4n) is 0.368. The van der Waals surface area contributed by atoms with Crippen molar-refractivity contribution >= 4 is 6.47 Å². The van der Waals surface area contributed by atoms with Crippen molar-refractivity contribution in [3.05, 3.63) is 17.8 Å². The third kappa shape index (κ3) is 2.80. The van der Waals surface area contributed by atoms with Gasteiger partial charge in [-0.2, -0.15) is 5.57 Å². The van der Waals surface area contributed by atoms with Crippen molar-refractivity contribution in [2.75, 3.05) is 0 Å². The van der Waals surface area contributed by atoms with Crippen LogP contribution in [0.25, 0.3) is 0 Å². The Morgan fingerprint density at radius 1 is 1.56 bits per heavy atom. The normalized spacial score (nSPS) is 11.9.